The summed E-state index contributed by atoms with van der Waals surface area (Å²) in [4.78, 5) is 36.1. The molecule has 3 rings (SSSR count). The molecule has 5 nitrogen and oxygen atoms in total. The number of rotatable bonds is 3. The van der Waals surface area contributed by atoms with E-state index in [0.29, 0.717) is 11.1 Å². The Kier molecular flexibility index (Phi) is 6.07. The van der Waals surface area contributed by atoms with Gasteiger partial charge < -0.3 is 0 Å². The van der Waals surface area contributed by atoms with Crippen LogP contribution >= 0.6 is 0 Å². The van der Waals surface area contributed by atoms with Gasteiger partial charge in [0.05, 0.1) is 0 Å². The lowest BCUT2D eigenvalue weighted by atomic mass is 9.86. The molecular formula is C26H29N3O2. The fraction of sp³-hybridized carbons (Fsp3) is 0.308. The van der Waals surface area contributed by atoms with Crippen molar-refractivity contribution < 1.29 is 9.59 Å². The third kappa shape index (κ3) is 5.05. The molecular weight excluding hydrogens is 386 g/mol. The molecule has 0 fully saturated rings. The van der Waals surface area contributed by atoms with Crippen LogP contribution in [0, 0.1) is 0 Å². The van der Waals surface area contributed by atoms with Gasteiger partial charge in [0.25, 0.3) is 11.8 Å². The number of hydrogen-bond donors (Lipinski definition) is 0. The molecule has 0 unspecified atom stereocenters. The maximum absolute atomic E-state index is 13.4. The monoisotopic (exact) mass is 415 g/mol. The fourth-order valence-electron chi connectivity index (χ4n) is 3.16. The number of amides is 2. The van der Waals surface area contributed by atoms with Crippen LogP contribution in [-0.2, 0) is 10.8 Å². The van der Waals surface area contributed by atoms with Gasteiger partial charge in [-0.05, 0) is 52.3 Å². The van der Waals surface area contributed by atoms with E-state index in [1.807, 2.05) is 24.3 Å². The van der Waals surface area contributed by atoms with E-state index in [0.717, 1.165) is 16.0 Å². The second-order valence-electron chi connectivity index (χ2n) is 9.65. The van der Waals surface area contributed by atoms with E-state index in [1.54, 1.807) is 30.3 Å². The highest BCUT2D eigenvalue weighted by molar-refractivity contribution is 6.24. The zero-order valence-electron chi connectivity index (χ0n) is 19.0. The Bertz CT molecular complexity index is 989. The first-order valence-electron chi connectivity index (χ1n) is 10.4. The van der Waals surface area contributed by atoms with Crippen molar-refractivity contribution in [3.63, 3.8) is 0 Å². The van der Waals surface area contributed by atoms with Crippen LogP contribution in [0.1, 0.15) is 73.4 Å². The number of anilines is 1. The molecule has 0 radical (unpaired) electrons. The van der Waals surface area contributed by atoms with E-state index in [9.17, 15) is 9.59 Å². The third-order valence-electron chi connectivity index (χ3n) is 5.15. The molecule has 160 valence electrons. The molecule has 0 bridgehead atoms. The summed E-state index contributed by atoms with van der Waals surface area (Å²) in [6, 6.07) is 16.3. The molecule has 0 aliphatic heterocycles. The van der Waals surface area contributed by atoms with Crippen LogP contribution in [0.4, 0.5) is 5.95 Å². The molecule has 5 heteroatoms. The lowest BCUT2D eigenvalue weighted by Crippen LogP contribution is -2.38. The van der Waals surface area contributed by atoms with Crippen LogP contribution in [-0.4, -0.2) is 21.8 Å². The van der Waals surface area contributed by atoms with Crippen LogP contribution in [0.2, 0.25) is 0 Å². The van der Waals surface area contributed by atoms with Crippen LogP contribution in [0.3, 0.4) is 0 Å². The summed E-state index contributed by atoms with van der Waals surface area (Å²) in [5, 5.41) is 0. The molecule has 0 aliphatic rings. The molecule has 2 amide bonds. The predicted octanol–water partition coefficient (Wildman–Crippen LogP) is 5.56. The zero-order chi connectivity index (χ0) is 22.8. The van der Waals surface area contributed by atoms with Gasteiger partial charge in [0.1, 0.15) is 0 Å². The molecule has 1 aromatic heterocycles. The van der Waals surface area contributed by atoms with Gasteiger partial charge in [0, 0.05) is 23.5 Å². The molecule has 2 aromatic carbocycles. The summed E-state index contributed by atoms with van der Waals surface area (Å²) < 4.78 is 0. The number of nitrogens with zero attached hydrogens (tertiary/aromatic N) is 3. The van der Waals surface area contributed by atoms with E-state index in [1.165, 1.54) is 12.4 Å². The Hall–Kier alpha value is -3.34. The first-order valence-corrected chi connectivity index (χ1v) is 10.4. The molecule has 1 heterocycles. The summed E-state index contributed by atoms with van der Waals surface area (Å²) in [6.07, 6.45) is 3.03. The van der Waals surface area contributed by atoms with Gasteiger partial charge in [0.15, 0.2) is 0 Å². The summed E-state index contributed by atoms with van der Waals surface area (Å²) in [5.41, 5.74) is 2.95. The lowest BCUT2D eigenvalue weighted by Gasteiger charge is -2.22. The van der Waals surface area contributed by atoms with E-state index in [4.69, 9.17) is 0 Å². The largest absolute Gasteiger partial charge is 0.268 e. The second kappa shape index (κ2) is 8.42. The van der Waals surface area contributed by atoms with Crippen molar-refractivity contribution in [3.05, 3.63) is 89.2 Å². The van der Waals surface area contributed by atoms with Crippen LogP contribution in [0.15, 0.2) is 67.0 Å². The van der Waals surface area contributed by atoms with Crippen LogP contribution in [0.5, 0.6) is 0 Å². The molecule has 0 saturated carbocycles. The Morgan fingerprint density at radius 2 is 1.00 bits per heavy atom. The minimum absolute atomic E-state index is 0.0333. The summed E-state index contributed by atoms with van der Waals surface area (Å²) in [7, 11) is 0. The standard InChI is InChI=1S/C26H29N3O2/c1-25(2,3)20-12-8-18(9-13-20)22(30)29(24-27-16-7-17-28-24)23(31)19-10-14-21(15-11-19)26(4,5)6/h7-17H,1-6H3. The normalized spacial score (nSPS) is 11.8. The highest BCUT2D eigenvalue weighted by Crippen LogP contribution is 2.25. The van der Waals surface area contributed by atoms with E-state index in [-0.39, 0.29) is 16.8 Å². The quantitative estimate of drug-likeness (QED) is 0.526. The van der Waals surface area contributed by atoms with Crippen LogP contribution < -0.4 is 4.90 Å². The van der Waals surface area contributed by atoms with Crippen molar-refractivity contribution in [1.29, 1.82) is 0 Å². The van der Waals surface area contributed by atoms with E-state index >= 15 is 0 Å². The summed E-state index contributed by atoms with van der Waals surface area (Å²) in [6.45, 7) is 12.7. The highest BCUT2D eigenvalue weighted by Gasteiger charge is 2.29. The summed E-state index contributed by atoms with van der Waals surface area (Å²) in [5.74, 6) is -0.870. The van der Waals surface area contributed by atoms with Crippen molar-refractivity contribution in [2.24, 2.45) is 0 Å². The molecule has 0 N–H and O–H groups in total. The molecule has 0 spiro atoms. The average Bonchev–Trinajstić information content (AvgIpc) is 2.73. The van der Waals surface area contributed by atoms with Gasteiger partial charge in [-0.15, -0.1) is 0 Å². The minimum Gasteiger partial charge on any atom is -0.268 e. The molecule has 3 aromatic rings. The highest BCUT2D eigenvalue weighted by atomic mass is 16.2. The Morgan fingerprint density at radius 1 is 0.645 bits per heavy atom. The lowest BCUT2D eigenvalue weighted by molar-refractivity contribution is 0.0895. The molecule has 31 heavy (non-hydrogen) atoms. The minimum atomic E-state index is -0.462. The Labute approximate surface area is 184 Å². The molecule has 0 saturated heterocycles. The van der Waals surface area contributed by atoms with E-state index < -0.39 is 11.8 Å². The van der Waals surface area contributed by atoms with Gasteiger partial charge in [-0.1, -0.05) is 65.8 Å². The van der Waals surface area contributed by atoms with Crippen molar-refractivity contribution in [2.75, 3.05) is 4.90 Å². The smallest absolute Gasteiger partial charge is 0.267 e. The maximum Gasteiger partial charge on any atom is 0.267 e. The average molecular weight is 416 g/mol. The zero-order valence-corrected chi connectivity index (χ0v) is 19.0. The topological polar surface area (TPSA) is 63.2 Å². The Balaban J connectivity index is 1.99. The summed E-state index contributed by atoms with van der Waals surface area (Å²) >= 11 is 0. The first kappa shape index (κ1) is 22.3. The van der Waals surface area contributed by atoms with E-state index in [2.05, 4.69) is 51.5 Å². The Morgan fingerprint density at radius 3 is 1.32 bits per heavy atom. The van der Waals surface area contributed by atoms with Crippen molar-refractivity contribution in [1.82, 2.24) is 9.97 Å². The maximum atomic E-state index is 13.4. The first-order chi connectivity index (χ1) is 14.5. The second-order valence-corrected chi connectivity index (χ2v) is 9.65. The van der Waals surface area contributed by atoms with Gasteiger partial charge in [-0.25, -0.2) is 14.9 Å². The van der Waals surface area contributed by atoms with Gasteiger partial charge in [0.2, 0.25) is 5.95 Å². The number of hydrogen-bond acceptors (Lipinski definition) is 4. The molecule has 0 aliphatic carbocycles. The van der Waals surface area contributed by atoms with Crippen molar-refractivity contribution >= 4 is 17.8 Å². The number of benzene rings is 2. The molecule has 0 atom stereocenters. The third-order valence-corrected chi connectivity index (χ3v) is 5.15. The van der Waals surface area contributed by atoms with Crippen LogP contribution in [0.25, 0.3) is 0 Å². The fourth-order valence-corrected chi connectivity index (χ4v) is 3.16. The number of carbonyl (C=O) groups is 2. The number of imide groups is 1. The van der Waals surface area contributed by atoms with Gasteiger partial charge in [-0.2, -0.15) is 0 Å². The van der Waals surface area contributed by atoms with Gasteiger partial charge in [-0.3, -0.25) is 9.59 Å². The van der Waals surface area contributed by atoms with Crippen molar-refractivity contribution in [2.45, 2.75) is 52.4 Å². The number of carbonyl (C=O) groups excluding carboxylic acids is 2. The number of aromatic nitrogens is 2. The predicted molar refractivity (Wildman–Crippen MR) is 123 cm³/mol. The van der Waals surface area contributed by atoms with Gasteiger partial charge >= 0.3 is 0 Å². The van der Waals surface area contributed by atoms with Crippen molar-refractivity contribution in [3.8, 4) is 0 Å². The SMILES string of the molecule is CC(C)(C)c1ccc(C(=O)N(C(=O)c2ccc(C(C)(C)C)cc2)c2ncccn2)cc1.